The number of nitrogens with zero attached hydrogens (tertiary/aromatic N) is 3. The number of hydrogen-bond donors (Lipinski definition) is 1. The highest BCUT2D eigenvalue weighted by molar-refractivity contribution is 5.86. The molecule has 0 radical (unpaired) electrons. The van der Waals surface area contributed by atoms with E-state index < -0.39 is 0 Å². The second-order valence-electron chi connectivity index (χ2n) is 14.1. The van der Waals surface area contributed by atoms with Crippen LogP contribution in [0.3, 0.4) is 0 Å². The Balaban J connectivity index is 0.000000162. The summed E-state index contributed by atoms with van der Waals surface area (Å²) in [6.45, 7) is 12.4. The van der Waals surface area contributed by atoms with Crippen LogP contribution in [0.4, 0.5) is 0 Å². The molecule has 0 amide bonds. The van der Waals surface area contributed by atoms with E-state index in [2.05, 4.69) is 72.6 Å². The molecular formula is C33H46N4. The van der Waals surface area contributed by atoms with E-state index in [1.54, 1.807) is 0 Å². The van der Waals surface area contributed by atoms with Crippen molar-refractivity contribution in [3.05, 3.63) is 64.6 Å². The van der Waals surface area contributed by atoms with E-state index in [4.69, 9.17) is 5.73 Å². The summed E-state index contributed by atoms with van der Waals surface area (Å²) in [5, 5.41) is 1.44. The normalized spacial score (nSPS) is 32.3. The standard InChI is InChI=1S/C21H25N3.C12H21N/c1-15-4-7-20-18(12-15)19-14-23(3)10-9-21(19)24(20)11-8-17-6-5-16(2)22-13-17;1-10-3-9-4-11(2,6-10)8-12(13,5-9)7-10/h4-7,12-13H,8-11,14H2,1-3H3;9H,3-8,13H2,1-2H3/t;9?,10-,11+,12?. The minimum absolute atomic E-state index is 0.225. The molecular weight excluding hydrogens is 452 g/mol. The summed E-state index contributed by atoms with van der Waals surface area (Å²) >= 11 is 0. The van der Waals surface area contributed by atoms with Crippen molar-refractivity contribution >= 4 is 10.9 Å². The number of likely N-dealkylation sites (N-methyl/N-ethyl adjacent to an activating group) is 1. The first-order valence-electron chi connectivity index (χ1n) is 14.5. The molecule has 3 heterocycles. The molecule has 2 aromatic heterocycles. The number of pyridine rings is 1. The zero-order chi connectivity index (χ0) is 26.0. The van der Waals surface area contributed by atoms with Crippen molar-refractivity contribution < 1.29 is 0 Å². The predicted molar refractivity (Wildman–Crippen MR) is 154 cm³/mol. The van der Waals surface area contributed by atoms with Gasteiger partial charge in [0.15, 0.2) is 0 Å². The molecule has 37 heavy (non-hydrogen) atoms. The van der Waals surface area contributed by atoms with E-state index in [9.17, 15) is 0 Å². The van der Waals surface area contributed by atoms with Crippen LogP contribution in [0.2, 0.25) is 0 Å². The number of hydrogen-bond acceptors (Lipinski definition) is 3. The summed E-state index contributed by atoms with van der Waals surface area (Å²) < 4.78 is 2.55. The van der Waals surface area contributed by atoms with Gasteiger partial charge in [0.2, 0.25) is 0 Å². The maximum Gasteiger partial charge on any atom is 0.0486 e. The van der Waals surface area contributed by atoms with Crippen molar-refractivity contribution in [1.29, 1.82) is 0 Å². The predicted octanol–water partition coefficient (Wildman–Crippen LogP) is 6.58. The van der Waals surface area contributed by atoms with Crippen LogP contribution in [0.1, 0.15) is 80.5 Å². The van der Waals surface area contributed by atoms with Gasteiger partial charge in [0.05, 0.1) is 0 Å². The lowest BCUT2D eigenvalue weighted by Crippen LogP contribution is -2.62. The summed E-state index contributed by atoms with van der Waals surface area (Å²) in [7, 11) is 2.22. The Morgan fingerprint density at radius 1 is 1.00 bits per heavy atom. The molecule has 3 aromatic rings. The zero-order valence-electron chi connectivity index (χ0n) is 23.7. The van der Waals surface area contributed by atoms with Crippen LogP contribution < -0.4 is 5.73 Å². The summed E-state index contributed by atoms with van der Waals surface area (Å²) in [5.74, 6) is 0.955. The fourth-order valence-electron chi connectivity index (χ4n) is 9.38. The fourth-order valence-corrected chi connectivity index (χ4v) is 9.38. The van der Waals surface area contributed by atoms with Gasteiger partial charge in [0, 0.05) is 60.1 Å². The largest absolute Gasteiger partial charge is 0.344 e. The minimum Gasteiger partial charge on any atom is -0.344 e. The Hall–Kier alpha value is -2.17. The Kier molecular flexibility index (Phi) is 6.08. The fraction of sp³-hybridized carbons (Fsp3) is 0.606. The summed E-state index contributed by atoms with van der Waals surface area (Å²) in [5.41, 5.74) is 16.1. The molecule has 4 heteroatoms. The third kappa shape index (κ3) is 4.88. The highest BCUT2D eigenvalue weighted by atomic mass is 15.1. The van der Waals surface area contributed by atoms with Gasteiger partial charge < -0.3 is 15.2 Å². The van der Waals surface area contributed by atoms with Crippen LogP contribution in [0, 0.1) is 30.6 Å². The van der Waals surface area contributed by atoms with Gasteiger partial charge in [0.1, 0.15) is 0 Å². The van der Waals surface area contributed by atoms with Crippen LogP contribution in [0.5, 0.6) is 0 Å². The molecule has 0 spiro atoms. The Bertz CT molecular complexity index is 1250. The van der Waals surface area contributed by atoms with Crippen molar-refractivity contribution in [2.45, 2.75) is 97.7 Å². The molecule has 4 bridgehead atoms. The molecule has 4 nitrogen and oxygen atoms in total. The number of rotatable bonds is 3. The molecule has 4 fully saturated rings. The van der Waals surface area contributed by atoms with Gasteiger partial charge >= 0.3 is 0 Å². The van der Waals surface area contributed by atoms with Crippen LogP contribution >= 0.6 is 0 Å². The highest BCUT2D eigenvalue weighted by Gasteiger charge is 2.58. The topological polar surface area (TPSA) is 47.1 Å². The van der Waals surface area contributed by atoms with Crippen LogP contribution in [0.15, 0.2) is 36.5 Å². The molecule has 198 valence electrons. The SMILES string of the molecule is C[C@]12CC3CC(N)(C1)C[C@@](C)(C3)C2.Cc1ccc2c(c1)c1c(n2CCc2ccc(C)nc2)CCN(C)C1. The van der Waals surface area contributed by atoms with Gasteiger partial charge in [-0.25, -0.2) is 0 Å². The van der Waals surface area contributed by atoms with E-state index in [1.165, 1.54) is 71.8 Å². The van der Waals surface area contributed by atoms with E-state index in [-0.39, 0.29) is 5.54 Å². The molecule has 1 aromatic carbocycles. The molecule has 0 saturated heterocycles. The van der Waals surface area contributed by atoms with Gasteiger partial charge in [-0.15, -0.1) is 0 Å². The molecule has 5 aliphatic rings. The van der Waals surface area contributed by atoms with E-state index >= 15 is 0 Å². The maximum atomic E-state index is 6.49. The Labute approximate surface area is 223 Å². The van der Waals surface area contributed by atoms with Crippen molar-refractivity contribution in [2.24, 2.45) is 22.5 Å². The molecule has 4 atom stereocenters. The lowest BCUT2D eigenvalue weighted by Gasteiger charge is -2.64. The number of aromatic nitrogens is 2. The monoisotopic (exact) mass is 498 g/mol. The average Bonchev–Trinajstić information content (AvgIpc) is 3.08. The third-order valence-electron chi connectivity index (χ3n) is 9.87. The second kappa shape index (κ2) is 8.95. The van der Waals surface area contributed by atoms with E-state index in [0.29, 0.717) is 10.8 Å². The van der Waals surface area contributed by atoms with Gasteiger partial charge in [0.25, 0.3) is 0 Å². The first-order valence-corrected chi connectivity index (χ1v) is 14.5. The first-order chi connectivity index (χ1) is 17.5. The zero-order valence-corrected chi connectivity index (χ0v) is 23.7. The number of fused-ring (bicyclic) bond motifs is 3. The first kappa shape index (κ1) is 25.1. The van der Waals surface area contributed by atoms with Crippen LogP contribution in [0.25, 0.3) is 10.9 Å². The number of nitrogens with two attached hydrogens (primary N) is 1. The lowest BCUT2D eigenvalue weighted by atomic mass is 9.43. The Morgan fingerprint density at radius 2 is 1.76 bits per heavy atom. The smallest absolute Gasteiger partial charge is 0.0486 e. The van der Waals surface area contributed by atoms with Crippen molar-refractivity contribution in [2.75, 3.05) is 13.6 Å². The summed E-state index contributed by atoms with van der Waals surface area (Å²) in [4.78, 5) is 6.86. The second-order valence-corrected chi connectivity index (χ2v) is 14.1. The van der Waals surface area contributed by atoms with Crippen LogP contribution in [-0.2, 0) is 25.9 Å². The highest BCUT2D eigenvalue weighted by Crippen LogP contribution is 2.65. The van der Waals surface area contributed by atoms with E-state index in [0.717, 1.165) is 44.1 Å². The minimum atomic E-state index is 0.225. The van der Waals surface area contributed by atoms with Gasteiger partial charge in [-0.3, -0.25) is 4.98 Å². The summed E-state index contributed by atoms with van der Waals surface area (Å²) in [6.07, 6.45) is 12.5. The van der Waals surface area contributed by atoms with Crippen molar-refractivity contribution in [1.82, 2.24) is 14.5 Å². The lowest BCUT2D eigenvalue weighted by molar-refractivity contribution is -0.104. The van der Waals surface area contributed by atoms with Crippen molar-refractivity contribution in [3.8, 4) is 0 Å². The van der Waals surface area contributed by atoms with Crippen LogP contribution in [-0.4, -0.2) is 33.6 Å². The van der Waals surface area contributed by atoms with Gasteiger partial charge in [-0.2, -0.15) is 0 Å². The van der Waals surface area contributed by atoms with Crippen molar-refractivity contribution in [3.63, 3.8) is 0 Å². The molecule has 8 rings (SSSR count). The molecule has 2 unspecified atom stereocenters. The van der Waals surface area contributed by atoms with Gasteiger partial charge in [-0.05, 0) is 112 Å². The quantitative estimate of drug-likeness (QED) is 0.444. The molecule has 1 aliphatic heterocycles. The molecule has 2 N–H and O–H groups in total. The molecule has 4 aliphatic carbocycles. The average molecular weight is 499 g/mol. The number of aryl methyl sites for hydroxylation is 4. The van der Waals surface area contributed by atoms with Gasteiger partial charge in [-0.1, -0.05) is 31.5 Å². The molecule has 4 saturated carbocycles. The maximum absolute atomic E-state index is 6.49. The summed E-state index contributed by atoms with van der Waals surface area (Å²) in [6, 6.07) is 11.2. The Morgan fingerprint density at radius 3 is 2.41 bits per heavy atom. The third-order valence-corrected chi connectivity index (χ3v) is 9.87. The van der Waals surface area contributed by atoms with E-state index in [1.807, 2.05) is 13.1 Å². The number of benzene rings is 1.